The summed E-state index contributed by atoms with van der Waals surface area (Å²) in [5.74, 6) is 0.694. The zero-order valence-corrected chi connectivity index (χ0v) is 10.0. The van der Waals surface area contributed by atoms with E-state index in [9.17, 15) is 0 Å². The van der Waals surface area contributed by atoms with E-state index in [-0.39, 0.29) is 0 Å². The predicted octanol–water partition coefficient (Wildman–Crippen LogP) is 3.47. The molecule has 0 spiro atoms. The van der Waals surface area contributed by atoms with Crippen molar-refractivity contribution in [1.82, 2.24) is 4.90 Å². The van der Waals surface area contributed by atoms with Gasteiger partial charge in [-0.05, 0) is 25.5 Å². The Kier molecular flexibility index (Phi) is 9.05. The first-order valence-electron chi connectivity index (χ1n) is 4.78. The molecule has 0 amide bonds. The van der Waals surface area contributed by atoms with E-state index in [0.29, 0.717) is 5.88 Å². The number of unbranched alkanes of at least 4 members (excludes halogenated alkanes) is 1. The SMILES string of the molecule is CCCCN(CCCl)CC(C)=CCl. The lowest BCUT2D eigenvalue weighted by molar-refractivity contribution is 0.308. The van der Waals surface area contributed by atoms with Crippen molar-refractivity contribution in [2.45, 2.75) is 26.7 Å². The van der Waals surface area contributed by atoms with Gasteiger partial charge in [0.05, 0.1) is 0 Å². The fourth-order valence-electron chi connectivity index (χ4n) is 1.16. The van der Waals surface area contributed by atoms with Crippen molar-refractivity contribution < 1.29 is 0 Å². The van der Waals surface area contributed by atoms with E-state index in [4.69, 9.17) is 23.2 Å². The first-order valence-corrected chi connectivity index (χ1v) is 5.75. The Labute approximate surface area is 91.7 Å². The second kappa shape index (κ2) is 8.86. The van der Waals surface area contributed by atoms with Crippen LogP contribution in [0.1, 0.15) is 26.7 Å². The van der Waals surface area contributed by atoms with E-state index in [0.717, 1.165) is 19.6 Å². The summed E-state index contributed by atoms with van der Waals surface area (Å²) in [4.78, 5) is 2.34. The van der Waals surface area contributed by atoms with Gasteiger partial charge in [0.2, 0.25) is 0 Å². The van der Waals surface area contributed by atoms with Crippen LogP contribution in [0.2, 0.25) is 0 Å². The second-order valence-electron chi connectivity index (χ2n) is 3.27. The lowest BCUT2D eigenvalue weighted by Gasteiger charge is -2.20. The molecule has 78 valence electrons. The van der Waals surface area contributed by atoms with Crippen LogP contribution in [0.25, 0.3) is 0 Å². The third-order valence-corrected chi connectivity index (χ3v) is 2.43. The van der Waals surface area contributed by atoms with Crippen molar-refractivity contribution in [1.29, 1.82) is 0 Å². The Morgan fingerprint density at radius 3 is 2.54 bits per heavy atom. The summed E-state index contributed by atoms with van der Waals surface area (Å²) in [5, 5.41) is 0. The lowest BCUT2D eigenvalue weighted by Crippen LogP contribution is -2.28. The lowest BCUT2D eigenvalue weighted by atomic mass is 10.2. The maximum atomic E-state index is 5.71. The van der Waals surface area contributed by atoms with Gasteiger partial charge in [0, 0.05) is 24.5 Å². The molecule has 0 bridgehead atoms. The number of nitrogens with zero attached hydrogens (tertiary/aromatic N) is 1. The number of halogens is 2. The molecule has 0 atom stereocenters. The highest BCUT2D eigenvalue weighted by atomic mass is 35.5. The van der Waals surface area contributed by atoms with Crippen LogP contribution in [0.3, 0.4) is 0 Å². The third kappa shape index (κ3) is 7.36. The molecule has 1 nitrogen and oxygen atoms in total. The summed E-state index contributed by atoms with van der Waals surface area (Å²) < 4.78 is 0. The number of hydrogen-bond donors (Lipinski definition) is 0. The van der Waals surface area contributed by atoms with Gasteiger partial charge in [-0.3, -0.25) is 4.90 Å². The summed E-state index contributed by atoms with van der Waals surface area (Å²) in [5.41, 5.74) is 2.84. The summed E-state index contributed by atoms with van der Waals surface area (Å²) in [7, 11) is 0. The topological polar surface area (TPSA) is 3.24 Å². The van der Waals surface area contributed by atoms with Crippen LogP contribution in [0, 0.1) is 0 Å². The average Bonchev–Trinajstić information content (AvgIpc) is 2.14. The minimum atomic E-state index is 0.694. The highest BCUT2D eigenvalue weighted by molar-refractivity contribution is 6.25. The predicted molar refractivity (Wildman–Crippen MR) is 61.7 cm³/mol. The highest BCUT2D eigenvalue weighted by Gasteiger charge is 2.03. The fourth-order valence-corrected chi connectivity index (χ4v) is 1.47. The monoisotopic (exact) mass is 223 g/mol. The van der Waals surface area contributed by atoms with Gasteiger partial charge in [0.15, 0.2) is 0 Å². The Morgan fingerprint density at radius 2 is 2.08 bits per heavy atom. The molecule has 0 saturated heterocycles. The smallest absolute Gasteiger partial charge is 0.0351 e. The van der Waals surface area contributed by atoms with E-state index < -0.39 is 0 Å². The van der Waals surface area contributed by atoms with Crippen LogP contribution >= 0.6 is 23.2 Å². The minimum absolute atomic E-state index is 0.694. The van der Waals surface area contributed by atoms with Crippen molar-refractivity contribution in [2.24, 2.45) is 0 Å². The van der Waals surface area contributed by atoms with Gasteiger partial charge in [-0.15, -0.1) is 11.6 Å². The van der Waals surface area contributed by atoms with Crippen molar-refractivity contribution in [2.75, 3.05) is 25.5 Å². The number of rotatable bonds is 7. The fraction of sp³-hybridized carbons (Fsp3) is 0.800. The van der Waals surface area contributed by atoms with Crippen LogP contribution < -0.4 is 0 Å². The highest BCUT2D eigenvalue weighted by Crippen LogP contribution is 2.02. The van der Waals surface area contributed by atoms with Crippen LogP contribution in [0.4, 0.5) is 0 Å². The van der Waals surface area contributed by atoms with Crippen molar-refractivity contribution in [3.8, 4) is 0 Å². The van der Waals surface area contributed by atoms with Crippen LogP contribution in [-0.4, -0.2) is 30.4 Å². The Bertz CT molecular complexity index is 146. The summed E-state index contributed by atoms with van der Waals surface area (Å²) >= 11 is 11.3. The van der Waals surface area contributed by atoms with E-state index in [1.807, 2.05) is 6.92 Å². The second-order valence-corrected chi connectivity index (χ2v) is 3.87. The first-order chi connectivity index (χ1) is 6.24. The average molecular weight is 224 g/mol. The summed E-state index contributed by atoms with van der Waals surface area (Å²) in [6.45, 7) is 7.24. The summed E-state index contributed by atoms with van der Waals surface area (Å²) in [6, 6.07) is 0. The zero-order valence-electron chi connectivity index (χ0n) is 8.52. The minimum Gasteiger partial charge on any atom is -0.298 e. The Hall–Kier alpha value is 0.280. The molecule has 3 heteroatoms. The van der Waals surface area contributed by atoms with Crippen LogP contribution in [0.15, 0.2) is 11.1 Å². The molecular formula is C10H19Cl2N. The van der Waals surface area contributed by atoms with E-state index in [1.165, 1.54) is 18.4 Å². The molecule has 0 unspecified atom stereocenters. The standard InChI is InChI=1S/C10H19Cl2N/c1-3-4-6-13(7-5-11)9-10(2)8-12/h8H,3-7,9H2,1-2H3. The van der Waals surface area contributed by atoms with Gasteiger partial charge in [-0.1, -0.05) is 24.9 Å². The van der Waals surface area contributed by atoms with Crippen LogP contribution in [-0.2, 0) is 0 Å². The molecule has 0 N–H and O–H groups in total. The van der Waals surface area contributed by atoms with E-state index in [1.54, 1.807) is 5.54 Å². The molecule has 13 heavy (non-hydrogen) atoms. The number of alkyl halides is 1. The molecule has 0 heterocycles. The van der Waals surface area contributed by atoms with Crippen LogP contribution in [0.5, 0.6) is 0 Å². The molecule has 0 rings (SSSR count). The molecule has 0 aliphatic rings. The molecule has 0 aliphatic heterocycles. The van der Waals surface area contributed by atoms with E-state index >= 15 is 0 Å². The number of hydrogen-bond acceptors (Lipinski definition) is 1. The zero-order chi connectivity index (χ0) is 10.1. The molecule has 0 aromatic rings. The molecule has 0 radical (unpaired) electrons. The van der Waals surface area contributed by atoms with Gasteiger partial charge in [-0.25, -0.2) is 0 Å². The quantitative estimate of drug-likeness (QED) is 0.598. The van der Waals surface area contributed by atoms with Crippen molar-refractivity contribution in [3.05, 3.63) is 11.1 Å². The maximum absolute atomic E-state index is 5.71. The maximum Gasteiger partial charge on any atom is 0.0351 e. The van der Waals surface area contributed by atoms with Crippen molar-refractivity contribution >= 4 is 23.2 Å². The molecule has 0 aromatic heterocycles. The van der Waals surface area contributed by atoms with Gasteiger partial charge < -0.3 is 0 Å². The Balaban J connectivity index is 3.79. The Morgan fingerprint density at radius 1 is 1.38 bits per heavy atom. The van der Waals surface area contributed by atoms with Gasteiger partial charge in [0.25, 0.3) is 0 Å². The molecular weight excluding hydrogens is 205 g/mol. The van der Waals surface area contributed by atoms with Gasteiger partial charge in [-0.2, -0.15) is 0 Å². The van der Waals surface area contributed by atoms with Gasteiger partial charge in [0.1, 0.15) is 0 Å². The van der Waals surface area contributed by atoms with Gasteiger partial charge >= 0.3 is 0 Å². The molecule has 0 aromatic carbocycles. The van der Waals surface area contributed by atoms with E-state index in [2.05, 4.69) is 11.8 Å². The third-order valence-electron chi connectivity index (χ3n) is 1.89. The normalized spacial score (nSPS) is 12.5. The summed E-state index contributed by atoms with van der Waals surface area (Å²) in [6.07, 6.45) is 2.45. The molecule has 0 aliphatic carbocycles. The molecule has 0 saturated carbocycles. The molecule has 0 fully saturated rings. The largest absolute Gasteiger partial charge is 0.298 e. The van der Waals surface area contributed by atoms with Crippen molar-refractivity contribution in [3.63, 3.8) is 0 Å². The first kappa shape index (κ1) is 13.3.